The summed E-state index contributed by atoms with van der Waals surface area (Å²) in [6.07, 6.45) is 0.0799. The number of amides is 1. The van der Waals surface area contributed by atoms with Crippen LogP contribution in [0.3, 0.4) is 0 Å². The SMILES string of the molecule is CO/N=C(\C)c1ccccc1CC(=O)c1cc(NC(=O)C2C(c3cc(Cl)cc(Cl)c3)C2(Cl)Cl)ccc1Cl. The van der Waals surface area contributed by atoms with E-state index in [-0.39, 0.29) is 22.8 Å². The summed E-state index contributed by atoms with van der Waals surface area (Å²) in [5.41, 5.74) is 3.53. The fourth-order valence-electron chi connectivity index (χ4n) is 4.34. The molecule has 1 saturated carbocycles. The maximum atomic E-state index is 13.2. The Morgan fingerprint density at radius 3 is 2.32 bits per heavy atom. The lowest BCUT2D eigenvalue weighted by Gasteiger charge is -2.11. The number of carbonyl (C=O) groups excluding carboxylic acids is 2. The molecule has 1 amide bonds. The summed E-state index contributed by atoms with van der Waals surface area (Å²) in [6.45, 7) is 1.80. The molecule has 3 aromatic rings. The van der Waals surface area contributed by atoms with Crippen LogP contribution >= 0.6 is 58.0 Å². The van der Waals surface area contributed by atoms with Crippen molar-refractivity contribution in [1.82, 2.24) is 0 Å². The zero-order valence-electron chi connectivity index (χ0n) is 19.7. The molecule has 1 fully saturated rings. The number of rotatable bonds is 8. The lowest BCUT2D eigenvalue weighted by molar-refractivity contribution is -0.117. The maximum absolute atomic E-state index is 13.2. The van der Waals surface area contributed by atoms with Gasteiger partial charge >= 0.3 is 0 Å². The van der Waals surface area contributed by atoms with E-state index in [4.69, 9.17) is 62.8 Å². The highest BCUT2D eigenvalue weighted by Gasteiger charge is 2.67. The van der Waals surface area contributed by atoms with Crippen molar-refractivity contribution in [3.8, 4) is 0 Å². The van der Waals surface area contributed by atoms with Gasteiger partial charge in [0.2, 0.25) is 5.91 Å². The summed E-state index contributed by atoms with van der Waals surface area (Å²) >= 11 is 31.5. The highest BCUT2D eigenvalue weighted by atomic mass is 35.5. The molecule has 0 aliphatic heterocycles. The predicted molar refractivity (Wildman–Crippen MR) is 151 cm³/mol. The molecule has 5 nitrogen and oxygen atoms in total. The molecule has 1 N–H and O–H groups in total. The number of oxime groups is 1. The van der Waals surface area contributed by atoms with Crippen LogP contribution in [-0.4, -0.2) is 28.8 Å². The molecule has 0 aromatic heterocycles. The molecule has 1 aliphatic carbocycles. The number of Topliss-reactive ketones (excluding diaryl/α,β-unsaturated/α-hetero) is 1. The molecular weight excluding hydrogens is 578 g/mol. The fourth-order valence-corrected chi connectivity index (χ4v) is 5.93. The molecule has 0 bridgehead atoms. The van der Waals surface area contributed by atoms with Crippen LogP contribution in [0.4, 0.5) is 5.69 Å². The first kappa shape index (κ1) is 27.7. The zero-order valence-corrected chi connectivity index (χ0v) is 23.5. The third-order valence-corrected chi connectivity index (χ3v) is 7.81. The Kier molecular flexibility index (Phi) is 8.41. The van der Waals surface area contributed by atoms with Gasteiger partial charge in [0.1, 0.15) is 11.4 Å². The Balaban J connectivity index is 1.53. The van der Waals surface area contributed by atoms with Crippen LogP contribution in [0.15, 0.2) is 65.8 Å². The molecule has 3 aromatic carbocycles. The quantitative estimate of drug-likeness (QED) is 0.124. The zero-order chi connectivity index (χ0) is 26.9. The topological polar surface area (TPSA) is 67.8 Å². The number of benzene rings is 3. The number of carbonyl (C=O) groups is 2. The van der Waals surface area contributed by atoms with Gasteiger partial charge in [-0.05, 0) is 54.4 Å². The number of hydrogen-bond donors (Lipinski definition) is 1. The predicted octanol–water partition coefficient (Wildman–Crippen LogP) is 7.97. The summed E-state index contributed by atoms with van der Waals surface area (Å²) < 4.78 is -1.32. The van der Waals surface area contributed by atoms with E-state index in [0.29, 0.717) is 27.0 Å². The Labute approximate surface area is 239 Å². The van der Waals surface area contributed by atoms with Gasteiger partial charge in [0.25, 0.3) is 0 Å². The van der Waals surface area contributed by atoms with E-state index in [1.165, 1.54) is 7.11 Å². The van der Waals surface area contributed by atoms with Crippen molar-refractivity contribution in [2.75, 3.05) is 12.4 Å². The van der Waals surface area contributed by atoms with Crippen LogP contribution < -0.4 is 5.32 Å². The number of nitrogens with one attached hydrogen (secondary N) is 1. The summed E-state index contributed by atoms with van der Waals surface area (Å²) in [4.78, 5) is 31.2. The molecule has 37 heavy (non-hydrogen) atoms. The summed E-state index contributed by atoms with van der Waals surface area (Å²) in [7, 11) is 1.46. The smallest absolute Gasteiger partial charge is 0.231 e. The average molecular weight is 599 g/mol. The summed E-state index contributed by atoms with van der Waals surface area (Å²) in [5, 5.41) is 7.88. The van der Waals surface area contributed by atoms with E-state index in [1.54, 1.807) is 43.3 Å². The van der Waals surface area contributed by atoms with Crippen LogP contribution in [-0.2, 0) is 16.1 Å². The Morgan fingerprint density at radius 1 is 0.973 bits per heavy atom. The van der Waals surface area contributed by atoms with Gasteiger partial charge in [-0.1, -0.05) is 64.2 Å². The number of ketones is 1. The van der Waals surface area contributed by atoms with Crippen LogP contribution in [0.1, 0.15) is 39.9 Å². The van der Waals surface area contributed by atoms with E-state index in [1.807, 2.05) is 24.3 Å². The lowest BCUT2D eigenvalue weighted by Crippen LogP contribution is -2.17. The second-order valence-electron chi connectivity index (χ2n) is 8.63. The molecule has 0 saturated heterocycles. The Bertz CT molecular complexity index is 1390. The summed E-state index contributed by atoms with van der Waals surface area (Å²) in [5.74, 6) is -1.85. The minimum absolute atomic E-state index is 0.0799. The second kappa shape index (κ2) is 11.2. The molecule has 0 spiro atoms. The monoisotopic (exact) mass is 596 g/mol. The molecule has 0 radical (unpaired) electrons. The molecule has 2 atom stereocenters. The number of hydrogen-bond acceptors (Lipinski definition) is 4. The van der Waals surface area contributed by atoms with Gasteiger partial charge < -0.3 is 10.2 Å². The van der Waals surface area contributed by atoms with Gasteiger partial charge in [-0.2, -0.15) is 0 Å². The standard InChI is InChI=1S/C27H21Cl5N2O3/c1-14(34-37-2)20-6-4-3-5-15(20)11-23(35)21-13-19(7-8-22(21)30)33-26(36)25-24(27(25,31)32)16-9-17(28)12-18(29)10-16/h3-10,12-13,24-25H,11H2,1-2H3,(H,33,36)/b34-14+. The number of nitrogens with zero attached hydrogens (tertiary/aromatic N) is 1. The van der Waals surface area contributed by atoms with Crippen LogP contribution in [0.5, 0.6) is 0 Å². The van der Waals surface area contributed by atoms with Crippen molar-refractivity contribution >= 4 is 81.1 Å². The highest BCUT2D eigenvalue weighted by molar-refractivity contribution is 6.53. The van der Waals surface area contributed by atoms with Gasteiger partial charge in [0.15, 0.2) is 5.78 Å². The molecule has 10 heteroatoms. The number of halogens is 5. The Morgan fingerprint density at radius 2 is 1.65 bits per heavy atom. The van der Waals surface area contributed by atoms with E-state index < -0.39 is 22.1 Å². The van der Waals surface area contributed by atoms with Crippen molar-refractivity contribution in [1.29, 1.82) is 0 Å². The molecule has 4 rings (SSSR count). The fraction of sp³-hybridized carbons (Fsp3) is 0.222. The van der Waals surface area contributed by atoms with E-state index in [2.05, 4.69) is 10.5 Å². The van der Waals surface area contributed by atoms with Crippen molar-refractivity contribution in [3.63, 3.8) is 0 Å². The third-order valence-electron chi connectivity index (χ3n) is 6.10. The lowest BCUT2D eigenvalue weighted by atomic mass is 9.96. The van der Waals surface area contributed by atoms with E-state index in [0.717, 1.165) is 11.1 Å². The van der Waals surface area contributed by atoms with Gasteiger partial charge in [-0.25, -0.2) is 0 Å². The molecule has 1 aliphatic rings. The van der Waals surface area contributed by atoms with E-state index in [9.17, 15) is 9.59 Å². The summed E-state index contributed by atoms with van der Waals surface area (Å²) in [6, 6.07) is 17.1. The first-order valence-electron chi connectivity index (χ1n) is 11.2. The first-order valence-corrected chi connectivity index (χ1v) is 13.0. The third kappa shape index (κ3) is 6.08. The average Bonchev–Trinajstić information content (AvgIpc) is 3.42. The van der Waals surface area contributed by atoms with E-state index >= 15 is 0 Å². The van der Waals surface area contributed by atoms with Crippen LogP contribution in [0, 0.1) is 5.92 Å². The molecule has 192 valence electrons. The second-order valence-corrected chi connectivity index (χ2v) is 11.4. The Hall–Kier alpha value is -2.28. The molecule has 2 unspecified atom stereocenters. The normalized spacial score (nSPS) is 18.3. The largest absolute Gasteiger partial charge is 0.399 e. The highest BCUT2D eigenvalue weighted by Crippen LogP contribution is 2.65. The molecular formula is C27H21Cl5N2O3. The number of anilines is 1. The van der Waals surface area contributed by atoms with Gasteiger partial charge in [0, 0.05) is 39.2 Å². The molecule has 0 heterocycles. The van der Waals surface area contributed by atoms with Crippen molar-refractivity contribution in [2.45, 2.75) is 23.6 Å². The minimum Gasteiger partial charge on any atom is -0.399 e. The van der Waals surface area contributed by atoms with Gasteiger partial charge in [0.05, 0.1) is 16.7 Å². The van der Waals surface area contributed by atoms with Crippen molar-refractivity contribution in [2.24, 2.45) is 11.1 Å². The maximum Gasteiger partial charge on any atom is 0.231 e. The van der Waals surface area contributed by atoms with Crippen molar-refractivity contribution < 1.29 is 14.4 Å². The van der Waals surface area contributed by atoms with Gasteiger partial charge in [-0.15, -0.1) is 23.2 Å². The van der Waals surface area contributed by atoms with Crippen LogP contribution in [0.2, 0.25) is 15.1 Å². The van der Waals surface area contributed by atoms with Gasteiger partial charge in [-0.3, -0.25) is 9.59 Å². The minimum atomic E-state index is -1.32. The van der Waals surface area contributed by atoms with Crippen LogP contribution in [0.25, 0.3) is 0 Å². The number of alkyl halides is 2. The van der Waals surface area contributed by atoms with Crippen molar-refractivity contribution in [3.05, 3.63) is 98.0 Å². The first-order chi connectivity index (χ1) is 17.5.